The maximum Gasteiger partial charge on any atom is 0.390 e. The second kappa shape index (κ2) is 7.92. The molecule has 144 valence electrons. The van der Waals surface area contributed by atoms with Gasteiger partial charge in [0, 0.05) is 25.8 Å². The van der Waals surface area contributed by atoms with Gasteiger partial charge in [0.15, 0.2) is 0 Å². The molecule has 8 heteroatoms. The largest absolute Gasteiger partial charge is 0.390 e. The zero-order chi connectivity index (χ0) is 18.6. The summed E-state index contributed by atoms with van der Waals surface area (Å²) in [4.78, 5) is 20.3. The molecule has 2 aliphatic heterocycles. The molecule has 1 aromatic rings. The number of carbonyl (C=O) groups is 1. The highest BCUT2D eigenvalue weighted by Crippen LogP contribution is 2.31. The second-order valence-electron chi connectivity index (χ2n) is 7.06. The van der Waals surface area contributed by atoms with Crippen LogP contribution in [-0.2, 0) is 16.1 Å². The molecule has 2 aliphatic rings. The number of hydrogen-bond donors (Lipinski definition) is 0. The number of amides is 1. The van der Waals surface area contributed by atoms with Gasteiger partial charge >= 0.3 is 6.18 Å². The van der Waals surface area contributed by atoms with E-state index in [2.05, 4.69) is 4.98 Å². The molecule has 0 radical (unpaired) electrons. The number of hydrogen-bond acceptors (Lipinski definition) is 4. The third-order valence-corrected chi connectivity index (χ3v) is 5.11. The van der Waals surface area contributed by atoms with Crippen LogP contribution in [0.5, 0.6) is 0 Å². The average molecular weight is 371 g/mol. The fraction of sp³-hybridized carbons (Fsp3) is 0.667. The molecule has 0 unspecified atom stereocenters. The number of piperidine rings is 1. The number of carbonyl (C=O) groups excluding carboxylic acids is 1. The molecule has 2 fully saturated rings. The van der Waals surface area contributed by atoms with Gasteiger partial charge in [0.1, 0.15) is 0 Å². The fourth-order valence-electron chi connectivity index (χ4n) is 3.60. The minimum Gasteiger partial charge on any atom is -0.373 e. The van der Waals surface area contributed by atoms with Gasteiger partial charge in [-0.15, -0.1) is 0 Å². The highest BCUT2D eigenvalue weighted by Gasteiger charge is 2.41. The van der Waals surface area contributed by atoms with Crippen molar-refractivity contribution in [1.29, 1.82) is 0 Å². The van der Waals surface area contributed by atoms with Crippen LogP contribution in [-0.4, -0.2) is 65.3 Å². The van der Waals surface area contributed by atoms with Crippen molar-refractivity contribution in [3.63, 3.8) is 0 Å². The summed E-state index contributed by atoms with van der Waals surface area (Å²) in [5.74, 6) is 0.0343. The van der Waals surface area contributed by atoms with Crippen LogP contribution >= 0.6 is 0 Å². The molecule has 2 saturated heterocycles. The SMILES string of the molecule is O=C1CCOC2(CCN(CCC(F)(F)F)CC2)CN1Cc1ccccn1. The van der Waals surface area contributed by atoms with E-state index in [-0.39, 0.29) is 12.5 Å². The van der Waals surface area contributed by atoms with E-state index in [1.54, 1.807) is 11.1 Å². The van der Waals surface area contributed by atoms with E-state index in [1.807, 2.05) is 23.1 Å². The number of aromatic nitrogens is 1. The van der Waals surface area contributed by atoms with E-state index in [0.29, 0.717) is 52.0 Å². The van der Waals surface area contributed by atoms with Gasteiger partial charge in [-0.2, -0.15) is 13.2 Å². The zero-order valence-electron chi connectivity index (χ0n) is 14.7. The molecule has 0 saturated carbocycles. The average Bonchev–Trinajstić information content (AvgIpc) is 2.74. The van der Waals surface area contributed by atoms with Crippen LogP contribution in [0.25, 0.3) is 0 Å². The Kier molecular flexibility index (Phi) is 5.82. The predicted molar refractivity (Wildman–Crippen MR) is 89.3 cm³/mol. The monoisotopic (exact) mass is 371 g/mol. The molecule has 3 rings (SSSR count). The Morgan fingerprint density at radius 1 is 1.23 bits per heavy atom. The Morgan fingerprint density at radius 3 is 2.65 bits per heavy atom. The number of pyridine rings is 1. The predicted octanol–water partition coefficient (Wildman–Crippen LogP) is 2.62. The fourth-order valence-corrected chi connectivity index (χ4v) is 3.60. The molecule has 1 amide bonds. The van der Waals surface area contributed by atoms with Crippen molar-refractivity contribution in [2.24, 2.45) is 0 Å². The highest BCUT2D eigenvalue weighted by atomic mass is 19.4. The maximum absolute atomic E-state index is 12.4. The van der Waals surface area contributed by atoms with Gasteiger partial charge in [0.25, 0.3) is 0 Å². The van der Waals surface area contributed by atoms with Crippen LogP contribution in [0.15, 0.2) is 24.4 Å². The van der Waals surface area contributed by atoms with Crippen LogP contribution in [0.4, 0.5) is 13.2 Å². The Morgan fingerprint density at radius 2 is 2.00 bits per heavy atom. The summed E-state index contributed by atoms with van der Waals surface area (Å²) in [5, 5.41) is 0. The van der Waals surface area contributed by atoms with Crippen molar-refractivity contribution in [3.05, 3.63) is 30.1 Å². The molecular formula is C18H24F3N3O2. The normalized spacial score (nSPS) is 21.8. The number of rotatable bonds is 4. The van der Waals surface area contributed by atoms with Crippen LogP contribution in [0.1, 0.15) is 31.4 Å². The number of alkyl halides is 3. The molecule has 0 bridgehead atoms. The molecular weight excluding hydrogens is 347 g/mol. The van der Waals surface area contributed by atoms with Crippen molar-refractivity contribution < 1.29 is 22.7 Å². The molecule has 1 spiro atoms. The van der Waals surface area contributed by atoms with Crippen LogP contribution < -0.4 is 0 Å². The third-order valence-electron chi connectivity index (χ3n) is 5.11. The smallest absolute Gasteiger partial charge is 0.373 e. The molecule has 3 heterocycles. The van der Waals surface area contributed by atoms with E-state index in [9.17, 15) is 18.0 Å². The number of ether oxygens (including phenoxy) is 1. The Hall–Kier alpha value is -1.67. The van der Waals surface area contributed by atoms with E-state index in [0.717, 1.165) is 5.69 Å². The zero-order valence-corrected chi connectivity index (χ0v) is 14.7. The summed E-state index contributed by atoms with van der Waals surface area (Å²) in [5.41, 5.74) is 0.357. The first-order valence-electron chi connectivity index (χ1n) is 8.96. The molecule has 5 nitrogen and oxygen atoms in total. The Bertz CT molecular complexity index is 601. The first kappa shape index (κ1) is 19.1. The van der Waals surface area contributed by atoms with Gasteiger partial charge in [-0.25, -0.2) is 0 Å². The molecule has 0 N–H and O–H groups in total. The van der Waals surface area contributed by atoms with Crippen molar-refractivity contribution >= 4 is 5.91 Å². The summed E-state index contributed by atoms with van der Waals surface area (Å²) in [7, 11) is 0. The standard InChI is InChI=1S/C18H24F3N3O2/c19-18(20,21)7-11-23-9-5-17(6-10-23)14-24(16(25)4-12-26-17)13-15-3-1-2-8-22-15/h1-3,8H,4-7,9-14H2. The summed E-state index contributed by atoms with van der Waals surface area (Å²) in [6.45, 7) is 2.40. The molecule has 0 atom stereocenters. The Balaban J connectivity index is 1.60. The number of likely N-dealkylation sites (tertiary alicyclic amines) is 1. The summed E-state index contributed by atoms with van der Waals surface area (Å²) < 4.78 is 43.3. The van der Waals surface area contributed by atoms with Gasteiger partial charge in [0.2, 0.25) is 5.91 Å². The lowest BCUT2D eigenvalue weighted by atomic mass is 9.90. The van der Waals surface area contributed by atoms with Crippen LogP contribution in [0.3, 0.4) is 0 Å². The first-order chi connectivity index (χ1) is 12.4. The lowest BCUT2D eigenvalue weighted by Gasteiger charge is -2.42. The van der Waals surface area contributed by atoms with E-state index in [4.69, 9.17) is 4.74 Å². The lowest BCUT2D eigenvalue weighted by Crippen LogP contribution is -2.52. The van der Waals surface area contributed by atoms with E-state index < -0.39 is 18.2 Å². The summed E-state index contributed by atoms with van der Waals surface area (Å²) in [6.07, 6.45) is -1.62. The van der Waals surface area contributed by atoms with Gasteiger partial charge in [0.05, 0.1) is 43.8 Å². The van der Waals surface area contributed by atoms with Crippen molar-refractivity contribution in [2.75, 3.05) is 32.8 Å². The van der Waals surface area contributed by atoms with Crippen molar-refractivity contribution in [1.82, 2.24) is 14.8 Å². The first-order valence-corrected chi connectivity index (χ1v) is 8.96. The van der Waals surface area contributed by atoms with Gasteiger partial charge in [-0.3, -0.25) is 9.78 Å². The molecule has 26 heavy (non-hydrogen) atoms. The molecule has 0 aliphatic carbocycles. The third kappa shape index (κ3) is 5.17. The topological polar surface area (TPSA) is 45.7 Å². The molecule has 0 aromatic carbocycles. The maximum atomic E-state index is 12.4. The lowest BCUT2D eigenvalue weighted by molar-refractivity contribution is -0.142. The van der Waals surface area contributed by atoms with E-state index in [1.165, 1.54) is 0 Å². The highest BCUT2D eigenvalue weighted by molar-refractivity contribution is 5.76. The minimum atomic E-state index is -4.13. The number of nitrogens with zero attached hydrogens (tertiary/aromatic N) is 3. The Labute approximate surface area is 151 Å². The van der Waals surface area contributed by atoms with Crippen LogP contribution in [0.2, 0.25) is 0 Å². The minimum absolute atomic E-state index is 0.0240. The summed E-state index contributed by atoms with van der Waals surface area (Å²) >= 11 is 0. The second-order valence-corrected chi connectivity index (χ2v) is 7.06. The van der Waals surface area contributed by atoms with Crippen LogP contribution in [0, 0.1) is 0 Å². The molecule has 1 aromatic heterocycles. The quantitative estimate of drug-likeness (QED) is 0.816. The van der Waals surface area contributed by atoms with Gasteiger partial charge < -0.3 is 14.5 Å². The van der Waals surface area contributed by atoms with Crippen molar-refractivity contribution in [3.8, 4) is 0 Å². The van der Waals surface area contributed by atoms with Crippen molar-refractivity contribution in [2.45, 2.75) is 44.0 Å². The van der Waals surface area contributed by atoms with Gasteiger partial charge in [-0.05, 0) is 25.0 Å². The summed E-state index contributed by atoms with van der Waals surface area (Å²) in [6, 6.07) is 5.59. The van der Waals surface area contributed by atoms with Gasteiger partial charge in [-0.1, -0.05) is 6.07 Å². The number of halogens is 3. The van der Waals surface area contributed by atoms with E-state index >= 15 is 0 Å².